The Bertz CT molecular complexity index is 915. The maximum absolute atomic E-state index is 12.2. The van der Waals surface area contributed by atoms with Crippen LogP contribution in [0, 0.1) is 0 Å². The summed E-state index contributed by atoms with van der Waals surface area (Å²) in [6.45, 7) is 1.96. The first-order valence-corrected chi connectivity index (χ1v) is 11.2. The Labute approximate surface area is 172 Å². The SMILES string of the molecule is CCCCS(=O)(=O)NCCC(=O)Nc1cccc(NC(=O)Cc2ccccc2)c1. The van der Waals surface area contributed by atoms with Gasteiger partial charge in [-0.2, -0.15) is 0 Å². The lowest BCUT2D eigenvalue weighted by molar-refractivity contribution is -0.116. The van der Waals surface area contributed by atoms with Crippen LogP contribution in [0.5, 0.6) is 0 Å². The van der Waals surface area contributed by atoms with E-state index in [0.717, 1.165) is 12.0 Å². The molecule has 0 aromatic heterocycles. The lowest BCUT2D eigenvalue weighted by Crippen LogP contribution is -2.29. The lowest BCUT2D eigenvalue weighted by atomic mass is 10.1. The number of carbonyl (C=O) groups is 2. The van der Waals surface area contributed by atoms with Crippen LogP contribution >= 0.6 is 0 Å². The number of anilines is 2. The summed E-state index contributed by atoms with van der Waals surface area (Å²) in [6, 6.07) is 16.2. The van der Waals surface area contributed by atoms with Crippen molar-refractivity contribution in [2.45, 2.75) is 32.6 Å². The summed E-state index contributed by atoms with van der Waals surface area (Å²) < 4.78 is 25.9. The van der Waals surface area contributed by atoms with Crippen LogP contribution in [0.4, 0.5) is 11.4 Å². The van der Waals surface area contributed by atoms with Crippen molar-refractivity contribution in [3.8, 4) is 0 Å². The molecule has 0 atom stereocenters. The van der Waals surface area contributed by atoms with Gasteiger partial charge in [0.1, 0.15) is 0 Å². The van der Waals surface area contributed by atoms with Gasteiger partial charge in [0.25, 0.3) is 0 Å². The van der Waals surface area contributed by atoms with Crippen molar-refractivity contribution in [1.82, 2.24) is 4.72 Å². The smallest absolute Gasteiger partial charge is 0.228 e. The van der Waals surface area contributed by atoms with Crippen LogP contribution in [-0.4, -0.2) is 32.5 Å². The molecule has 0 bridgehead atoms. The molecule has 0 aliphatic rings. The van der Waals surface area contributed by atoms with Gasteiger partial charge in [0.2, 0.25) is 21.8 Å². The summed E-state index contributed by atoms with van der Waals surface area (Å²) in [5.74, 6) is -0.396. The topological polar surface area (TPSA) is 104 Å². The first kappa shape index (κ1) is 22.6. The van der Waals surface area contributed by atoms with Gasteiger partial charge in [0.15, 0.2) is 0 Å². The molecule has 7 nitrogen and oxygen atoms in total. The third-order valence-corrected chi connectivity index (χ3v) is 5.55. The maximum atomic E-state index is 12.2. The third kappa shape index (κ3) is 8.89. The van der Waals surface area contributed by atoms with Crippen molar-refractivity contribution in [3.05, 3.63) is 60.2 Å². The van der Waals surface area contributed by atoms with Crippen molar-refractivity contribution in [3.63, 3.8) is 0 Å². The summed E-state index contributed by atoms with van der Waals surface area (Å²) >= 11 is 0. The number of sulfonamides is 1. The highest BCUT2D eigenvalue weighted by Crippen LogP contribution is 2.16. The summed E-state index contributed by atoms with van der Waals surface area (Å²) in [5.41, 5.74) is 2.01. The molecule has 8 heteroatoms. The van der Waals surface area contributed by atoms with Crippen LogP contribution in [0.15, 0.2) is 54.6 Å². The standard InChI is InChI=1S/C21H27N3O4S/c1-2-3-14-29(27,28)22-13-12-20(25)23-18-10-7-11-19(16-18)24-21(26)15-17-8-5-4-6-9-17/h4-11,16,22H,2-3,12-15H2,1H3,(H,23,25)(H,24,26). The van der Waals surface area contributed by atoms with E-state index in [1.807, 2.05) is 37.3 Å². The molecule has 0 unspecified atom stereocenters. The molecule has 2 aromatic rings. The number of nitrogens with one attached hydrogen (secondary N) is 3. The van der Waals surface area contributed by atoms with Gasteiger partial charge in [-0.15, -0.1) is 0 Å². The second-order valence-corrected chi connectivity index (χ2v) is 8.58. The molecule has 156 valence electrons. The third-order valence-electron chi connectivity index (χ3n) is 4.08. The summed E-state index contributed by atoms with van der Waals surface area (Å²) in [7, 11) is -3.34. The van der Waals surface area contributed by atoms with Gasteiger partial charge in [-0.25, -0.2) is 13.1 Å². The van der Waals surface area contributed by atoms with E-state index in [1.54, 1.807) is 24.3 Å². The van der Waals surface area contributed by atoms with Crippen LogP contribution in [-0.2, 0) is 26.0 Å². The number of benzene rings is 2. The summed E-state index contributed by atoms with van der Waals surface area (Å²) in [5, 5.41) is 5.51. The number of carbonyl (C=O) groups excluding carboxylic acids is 2. The monoisotopic (exact) mass is 417 g/mol. The molecule has 2 rings (SSSR count). The van der Waals surface area contributed by atoms with E-state index in [2.05, 4.69) is 15.4 Å². The zero-order valence-electron chi connectivity index (χ0n) is 16.5. The average molecular weight is 418 g/mol. The van der Waals surface area contributed by atoms with Crippen LogP contribution < -0.4 is 15.4 Å². The van der Waals surface area contributed by atoms with E-state index in [-0.39, 0.29) is 37.0 Å². The van der Waals surface area contributed by atoms with Gasteiger partial charge in [-0.3, -0.25) is 9.59 Å². The lowest BCUT2D eigenvalue weighted by Gasteiger charge is -2.10. The zero-order valence-corrected chi connectivity index (χ0v) is 17.3. The Morgan fingerprint density at radius 3 is 2.21 bits per heavy atom. The van der Waals surface area contributed by atoms with E-state index in [4.69, 9.17) is 0 Å². The van der Waals surface area contributed by atoms with Crippen molar-refractivity contribution in [1.29, 1.82) is 0 Å². The molecule has 29 heavy (non-hydrogen) atoms. The van der Waals surface area contributed by atoms with Crippen LogP contribution in [0.3, 0.4) is 0 Å². The van der Waals surface area contributed by atoms with Gasteiger partial charge in [-0.05, 0) is 30.2 Å². The fourth-order valence-electron chi connectivity index (χ4n) is 2.61. The zero-order chi connectivity index (χ0) is 21.1. The number of amides is 2. The average Bonchev–Trinajstić information content (AvgIpc) is 2.67. The molecule has 0 aliphatic heterocycles. The van der Waals surface area contributed by atoms with Crippen LogP contribution in [0.25, 0.3) is 0 Å². The summed E-state index contributed by atoms with van der Waals surface area (Å²) in [4.78, 5) is 24.2. The first-order valence-electron chi connectivity index (χ1n) is 9.59. The van der Waals surface area contributed by atoms with Gasteiger partial charge in [-0.1, -0.05) is 49.7 Å². The highest BCUT2D eigenvalue weighted by Gasteiger charge is 2.10. The van der Waals surface area contributed by atoms with E-state index in [9.17, 15) is 18.0 Å². The normalized spacial score (nSPS) is 11.1. The molecule has 0 saturated carbocycles. The van der Waals surface area contributed by atoms with E-state index in [0.29, 0.717) is 17.8 Å². The van der Waals surface area contributed by atoms with E-state index in [1.165, 1.54) is 0 Å². The fraction of sp³-hybridized carbons (Fsp3) is 0.333. The predicted octanol–water partition coefficient (Wildman–Crippen LogP) is 2.92. The minimum atomic E-state index is -3.34. The molecule has 0 aliphatic carbocycles. The number of hydrogen-bond donors (Lipinski definition) is 3. The van der Waals surface area contributed by atoms with Gasteiger partial charge in [0, 0.05) is 24.3 Å². The number of hydrogen-bond acceptors (Lipinski definition) is 4. The maximum Gasteiger partial charge on any atom is 0.228 e. The Morgan fingerprint density at radius 2 is 1.55 bits per heavy atom. The van der Waals surface area contributed by atoms with Gasteiger partial charge < -0.3 is 10.6 Å². The second-order valence-electron chi connectivity index (χ2n) is 6.66. The highest BCUT2D eigenvalue weighted by atomic mass is 32.2. The minimum absolute atomic E-state index is 0.0238. The minimum Gasteiger partial charge on any atom is -0.326 e. The van der Waals surface area contributed by atoms with E-state index >= 15 is 0 Å². The molecule has 0 radical (unpaired) electrons. The quantitative estimate of drug-likeness (QED) is 0.523. The molecule has 0 fully saturated rings. The largest absolute Gasteiger partial charge is 0.326 e. The van der Waals surface area contributed by atoms with Crippen molar-refractivity contribution in [2.24, 2.45) is 0 Å². The Morgan fingerprint density at radius 1 is 0.897 bits per heavy atom. The Balaban J connectivity index is 1.81. The number of unbranched alkanes of at least 4 members (excludes halogenated alkanes) is 1. The summed E-state index contributed by atoms with van der Waals surface area (Å²) in [6.07, 6.45) is 1.66. The van der Waals surface area contributed by atoms with Crippen molar-refractivity contribution < 1.29 is 18.0 Å². The molecule has 2 amide bonds. The van der Waals surface area contributed by atoms with Crippen LogP contribution in [0.1, 0.15) is 31.7 Å². The Kier molecular flexibility index (Phi) is 8.82. The molecular formula is C21H27N3O4S. The molecule has 2 aromatic carbocycles. The van der Waals surface area contributed by atoms with Gasteiger partial charge in [0.05, 0.1) is 12.2 Å². The van der Waals surface area contributed by atoms with Crippen LogP contribution in [0.2, 0.25) is 0 Å². The molecule has 0 spiro atoms. The molecule has 0 saturated heterocycles. The molecule has 0 heterocycles. The van der Waals surface area contributed by atoms with E-state index < -0.39 is 10.0 Å². The number of rotatable bonds is 11. The highest BCUT2D eigenvalue weighted by molar-refractivity contribution is 7.89. The first-order chi connectivity index (χ1) is 13.9. The Hall–Kier alpha value is -2.71. The predicted molar refractivity (Wildman–Crippen MR) is 115 cm³/mol. The fourth-order valence-corrected chi connectivity index (χ4v) is 3.84. The van der Waals surface area contributed by atoms with Crippen molar-refractivity contribution >= 4 is 33.2 Å². The van der Waals surface area contributed by atoms with Crippen molar-refractivity contribution in [2.75, 3.05) is 22.9 Å². The second kappa shape index (κ2) is 11.3. The molecule has 3 N–H and O–H groups in total. The van der Waals surface area contributed by atoms with Gasteiger partial charge >= 0.3 is 0 Å². The molecular weight excluding hydrogens is 390 g/mol.